The molecule has 122 valence electrons. The van der Waals surface area contributed by atoms with Crippen LogP contribution in [0.2, 0.25) is 0 Å². The zero-order valence-corrected chi connectivity index (χ0v) is 13.2. The van der Waals surface area contributed by atoms with Crippen molar-refractivity contribution in [2.75, 3.05) is 0 Å². The van der Waals surface area contributed by atoms with Crippen LogP contribution in [0.5, 0.6) is 5.75 Å². The summed E-state index contributed by atoms with van der Waals surface area (Å²) >= 11 is 0. The van der Waals surface area contributed by atoms with Gasteiger partial charge in [0.2, 0.25) is 5.91 Å². The van der Waals surface area contributed by atoms with Crippen LogP contribution in [-0.2, 0) is 11.3 Å². The topological polar surface area (TPSA) is 72.5 Å². The fourth-order valence-electron chi connectivity index (χ4n) is 1.94. The van der Waals surface area contributed by atoms with Crippen LogP contribution < -0.4 is 10.1 Å². The summed E-state index contributed by atoms with van der Waals surface area (Å²) in [6.45, 7) is 5.20. The molecule has 0 aliphatic rings. The third-order valence-corrected chi connectivity index (χ3v) is 3.31. The molecule has 0 atom stereocenters. The lowest BCUT2D eigenvalue weighted by Crippen LogP contribution is -2.20. The minimum Gasteiger partial charge on any atom is -0.423 e. The quantitative estimate of drug-likeness (QED) is 0.384. The third-order valence-electron chi connectivity index (χ3n) is 3.31. The summed E-state index contributed by atoms with van der Waals surface area (Å²) in [5.74, 6) is -0.431. The van der Waals surface area contributed by atoms with Crippen LogP contribution in [0.15, 0.2) is 61.2 Å². The monoisotopic (exact) mass is 323 g/mol. The summed E-state index contributed by atoms with van der Waals surface area (Å²) in [6, 6.07) is 13.1. The number of ketones is 1. The maximum absolute atomic E-state index is 12.1. The van der Waals surface area contributed by atoms with Gasteiger partial charge in [0.1, 0.15) is 5.75 Å². The molecule has 5 nitrogen and oxygen atoms in total. The zero-order chi connectivity index (χ0) is 17.5. The van der Waals surface area contributed by atoms with E-state index in [2.05, 4.69) is 11.9 Å². The Kier molecular flexibility index (Phi) is 5.63. The first-order valence-corrected chi connectivity index (χ1v) is 7.32. The van der Waals surface area contributed by atoms with Crippen LogP contribution in [0.1, 0.15) is 33.2 Å². The van der Waals surface area contributed by atoms with Crippen molar-refractivity contribution in [2.24, 2.45) is 0 Å². The maximum Gasteiger partial charge on any atom is 0.343 e. The average Bonchev–Trinajstić information content (AvgIpc) is 2.60. The van der Waals surface area contributed by atoms with Crippen molar-refractivity contribution in [2.45, 2.75) is 13.5 Å². The lowest BCUT2D eigenvalue weighted by molar-refractivity contribution is -0.116. The van der Waals surface area contributed by atoms with Crippen LogP contribution in [0, 0.1) is 0 Å². The highest BCUT2D eigenvalue weighted by molar-refractivity contribution is 5.94. The Bertz CT molecular complexity index is 761. The molecule has 24 heavy (non-hydrogen) atoms. The van der Waals surface area contributed by atoms with Gasteiger partial charge in [-0.3, -0.25) is 9.59 Å². The SMILES string of the molecule is C=CC(=O)NCc1ccc(C(=O)Oc2ccc(C(C)=O)cc2)cc1. The van der Waals surface area contributed by atoms with Crippen LogP contribution in [-0.4, -0.2) is 17.7 Å². The summed E-state index contributed by atoms with van der Waals surface area (Å²) < 4.78 is 5.26. The Morgan fingerprint density at radius 3 is 2.12 bits per heavy atom. The lowest BCUT2D eigenvalue weighted by atomic mass is 10.1. The van der Waals surface area contributed by atoms with E-state index >= 15 is 0 Å². The average molecular weight is 323 g/mol. The number of hydrogen-bond acceptors (Lipinski definition) is 4. The molecule has 5 heteroatoms. The van der Waals surface area contributed by atoms with E-state index < -0.39 is 5.97 Å². The van der Waals surface area contributed by atoms with Crippen LogP contribution in [0.3, 0.4) is 0 Å². The number of hydrogen-bond donors (Lipinski definition) is 1. The first-order valence-electron chi connectivity index (χ1n) is 7.32. The molecule has 0 fully saturated rings. The number of Topliss-reactive ketones (excluding diaryl/α,β-unsaturated/α-hetero) is 1. The van der Waals surface area contributed by atoms with Crippen molar-refractivity contribution in [3.05, 3.63) is 77.9 Å². The molecule has 2 aromatic carbocycles. The standard InChI is InChI=1S/C19H17NO4/c1-3-18(22)20-12-14-4-6-16(7-5-14)19(23)24-17-10-8-15(9-11-17)13(2)21/h3-11H,1,12H2,2H3,(H,20,22). The molecule has 1 amide bonds. The molecular formula is C19H17NO4. The molecule has 0 unspecified atom stereocenters. The zero-order valence-electron chi connectivity index (χ0n) is 13.2. The second kappa shape index (κ2) is 7.87. The number of ether oxygens (including phenoxy) is 1. The number of benzene rings is 2. The summed E-state index contributed by atoms with van der Waals surface area (Å²) in [5, 5.41) is 2.65. The largest absolute Gasteiger partial charge is 0.423 e. The Hall–Kier alpha value is -3.21. The Morgan fingerprint density at radius 1 is 1.00 bits per heavy atom. The van der Waals surface area contributed by atoms with Gasteiger partial charge in [0, 0.05) is 12.1 Å². The smallest absolute Gasteiger partial charge is 0.343 e. The van der Waals surface area contributed by atoms with Crippen molar-refractivity contribution >= 4 is 17.7 Å². The van der Waals surface area contributed by atoms with Crippen molar-refractivity contribution in [3.8, 4) is 5.75 Å². The molecular weight excluding hydrogens is 306 g/mol. The highest BCUT2D eigenvalue weighted by Crippen LogP contribution is 2.15. The number of carbonyl (C=O) groups excluding carboxylic acids is 3. The summed E-state index contributed by atoms with van der Waals surface area (Å²) in [7, 11) is 0. The van der Waals surface area contributed by atoms with Crippen molar-refractivity contribution < 1.29 is 19.1 Å². The highest BCUT2D eigenvalue weighted by Gasteiger charge is 2.09. The molecule has 2 aromatic rings. The second-order valence-corrected chi connectivity index (χ2v) is 5.09. The molecule has 0 saturated carbocycles. The van der Waals surface area contributed by atoms with Gasteiger partial charge >= 0.3 is 5.97 Å². The second-order valence-electron chi connectivity index (χ2n) is 5.09. The fourth-order valence-corrected chi connectivity index (χ4v) is 1.94. The summed E-state index contributed by atoms with van der Waals surface area (Å²) in [6.07, 6.45) is 1.20. The van der Waals surface area contributed by atoms with Crippen molar-refractivity contribution in [1.29, 1.82) is 0 Å². The molecule has 0 heterocycles. The number of amides is 1. The predicted molar refractivity (Wildman–Crippen MR) is 89.9 cm³/mol. The van der Waals surface area contributed by atoms with Gasteiger partial charge in [-0.2, -0.15) is 0 Å². The summed E-state index contributed by atoms with van der Waals surface area (Å²) in [5.41, 5.74) is 1.80. The first-order chi connectivity index (χ1) is 11.5. The molecule has 2 rings (SSSR count). The van der Waals surface area contributed by atoms with E-state index in [0.717, 1.165) is 5.56 Å². The van der Waals surface area contributed by atoms with Gasteiger partial charge < -0.3 is 10.1 Å². The van der Waals surface area contributed by atoms with Gasteiger partial charge in [-0.15, -0.1) is 0 Å². The number of rotatable bonds is 6. The van der Waals surface area contributed by atoms with Crippen molar-refractivity contribution in [1.82, 2.24) is 5.32 Å². The Balaban J connectivity index is 1.98. The van der Waals surface area contributed by atoms with Crippen LogP contribution >= 0.6 is 0 Å². The normalized spacial score (nSPS) is 9.88. The van der Waals surface area contributed by atoms with E-state index in [1.54, 1.807) is 48.5 Å². The molecule has 1 N–H and O–H groups in total. The van der Waals surface area contributed by atoms with E-state index in [1.807, 2.05) is 0 Å². The van der Waals surface area contributed by atoms with Crippen molar-refractivity contribution in [3.63, 3.8) is 0 Å². The molecule has 0 aromatic heterocycles. The molecule has 0 spiro atoms. The Morgan fingerprint density at radius 2 is 1.58 bits per heavy atom. The van der Waals surface area contributed by atoms with Gasteiger partial charge in [0.15, 0.2) is 5.78 Å². The number of nitrogens with one attached hydrogen (secondary N) is 1. The molecule has 0 aliphatic heterocycles. The fraction of sp³-hybridized carbons (Fsp3) is 0.105. The van der Waals surface area contributed by atoms with E-state index in [9.17, 15) is 14.4 Å². The van der Waals surface area contributed by atoms with Crippen LogP contribution in [0.4, 0.5) is 0 Å². The van der Waals surface area contributed by atoms with E-state index in [-0.39, 0.29) is 11.7 Å². The molecule has 0 radical (unpaired) electrons. The van der Waals surface area contributed by atoms with Gasteiger partial charge in [-0.1, -0.05) is 18.7 Å². The van der Waals surface area contributed by atoms with Gasteiger partial charge in [0.05, 0.1) is 5.56 Å². The highest BCUT2D eigenvalue weighted by atomic mass is 16.5. The maximum atomic E-state index is 12.1. The van der Waals surface area contributed by atoms with Gasteiger partial charge in [-0.25, -0.2) is 4.79 Å². The number of carbonyl (C=O) groups is 3. The van der Waals surface area contributed by atoms with E-state index in [1.165, 1.54) is 13.0 Å². The minimum atomic E-state index is -0.493. The van der Waals surface area contributed by atoms with E-state index in [4.69, 9.17) is 4.74 Å². The summed E-state index contributed by atoms with van der Waals surface area (Å²) in [4.78, 5) is 34.4. The Labute approximate surface area is 140 Å². The predicted octanol–water partition coefficient (Wildman–Crippen LogP) is 2.91. The molecule has 0 bridgehead atoms. The lowest BCUT2D eigenvalue weighted by Gasteiger charge is -2.06. The third kappa shape index (κ3) is 4.64. The van der Waals surface area contributed by atoms with E-state index in [0.29, 0.717) is 23.4 Å². The number of esters is 1. The van der Waals surface area contributed by atoms with Gasteiger partial charge in [-0.05, 0) is 55.0 Å². The van der Waals surface area contributed by atoms with Crippen LogP contribution in [0.25, 0.3) is 0 Å². The minimum absolute atomic E-state index is 0.0491. The first kappa shape index (κ1) is 17.1. The van der Waals surface area contributed by atoms with Gasteiger partial charge in [0.25, 0.3) is 0 Å². The molecule has 0 aliphatic carbocycles. The molecule has 0 saturated heterocycles.